The highest BCUT2D eigenvalue weighted by Crippen LogP contribution is 2.22. The quantitative estimate of drug-likeness (QED) is 0.597. The molecule has 2 nitrogen and oxygen atoms in total. The number of hydrogen-bond donors (Lipinski definition) is 0. The van der Waals surface area contributed by atoms with Crippen molar-refractivity contribution in [3.05, 3.63) is 59.5 Å². The van der Waals surface area contributed by atoms with Gasteiger partial charge in [0.15, 0.2) is 0 Å². The summed E-state index contributed by atoms with van der Waals surface area (Å²) in [7, 11) is 0. The van der Waals surface area contributed by atoms with Crippen molar-refractivity contribution in [1.82, 2.24) is 9.61 Å². The number of fused-ring (bicyclic) bond motifs is 1. The van der Waals surface area contributed by atoms with Gasteiger partial charge < -0.3 is 0 Å². The molecule has 0 N–H and O–H groups in total. The monoisotopic (exact) mass is 246 g/mol. The van der Waals surface area contributed by atoms with E-state index in [2.05, 4.69) is 5.10 Å². The average molecular weight is 247 g/mol. The van der Waals surface area contributed by atoms with Gasteiger partial charge in [0, 0.05) is 5.56 Å². The lowest BCUT2D eigenvalue weighted by atomic mass is 10.1. The predicted molar refractivity (Wildman–Crippen MR) is 65.6 cm³/mol. The Morgan fingerprint density at radius 3 is 2.53 bits per heavy atom. The maximum absolute atomic E-state index is 12.8. The van der Waals surface area contributed by atoms with Crippen molar-refractivity contribution < 1.29 is 4.39 Å². The molecule has 17 heavy (non-hydrogen) atoms. The summed E-state index contributed by atoms with van der Waals surface area (Å²) >= 11 is 6.02. The van der Waals surface area contributed by atoms with Crippen LogP contribution in [0.1, 0.15) is 0 Å². The summed E-state index contributed by atoms with van der Waals surface area (Å²) in [4.78, 5) is 0. The van der Waals surface area contributed by atoms with E-state index in [0.29, 0.717) is 5.15 Å². The molecule has 0 radical (unpaired) electrons. The first-order chi connectivity index (χ1) is 8.24. The molecule has 0 unspecified atom stereocenters. The van der Waals surface area contributed by atoms with Crippen LogP contribution >= 0.6 is 11.6 Å². The number of halogens is 2. The summed E-state index contributed by atoms with van der Waals surface area (Å²) in [6, 6.07) is 13.7. The summed E-state index contributed by atoms with van der Waals surface area (Å²) in [6.07, 6.45) is 0. The van der Waals surface area contributed by atoms with E-state index in [9.17, 15) is 4.39 Å². The highest BCUT2D eigenvalue weighted by atomic mass is 35.5. The normalized spacial score (nSPS) is 10.9. The Hall–Kier alpha value is -1.87. The summed E-state index contributed by atoms with van der Waals surface area (Å²) in [5.41, 5.74) is 2.56. The Morgan fingerprint density at radius 2 is 1.82 bits per heavy atom. The van der Waals surface area contributed by atoms with Crippen molar-refractivity contribution in [3.63, 3.8) is 0 Å². The van der Waals surface area contributed by atoms with Crippen LogP contribution in [0, 0.1) is 5.82 Å². The van der Waals surface area contributed by atoms with Gasteiger partial charge in [0.2, 0.25) is 0 Å². The molecule has 0 bridgehead atoms. The van der Waals surface area contributed by atoms with Crippen molar-refractivity contribution in [2.75, 3.05) is 0 Å². The summed E-state index contributed by atoms with van der Waals surface area (Å²) in [6.45, 7) is 0. The SMILES string of the molecule is Fc1ccc(-c2cc3cccc(Cl)n3n2)cc1. The van der Waals surface area contributed by atoms with Gasteiger partial charge in [-0.15, -0.1) is 0 Å². The zero-order valence-electron chi connectivity index (χ0n) is 8.77. The fourth-order valence-electron chi connectivity index (χ4n) is 1.74. The maximum atomic E-state index is 12.8. The molecule has 4 heteroatoms. The smallest absolute Gasteiger partial charge is 0.131 e. The minimum absolute atomic E-state index is 0.254. The molecule has 0 aliphatic rings. The number of pyridine rings is 1. The standard InChI is InChI=1S/C13H8ClFN2/c14-13-3-1-2-11-8-12(16-17(11)13)9-4-6-10(15)7-5-9/h1-8H. The highest BCUT2D eigenvalue weighted by Gasteiger charge is 2.06. The molecule has 0 spiro atoms. The molecular formula is C13H8ClFN2. The second-order valence-corrected chi connectivity index (χ2v) is 4.11. The lowest BCUT2D eigenvalue weighted by Gasteiger charge is -1.95. The van der Waals surface area contributed by atoms with Crippen LogP contribution in [0.15, 0.2) is 48.5 Å². The summed E-state index contributed by atoms with van der Waals surface area (Å²) in [5, 5.41) is 4.93. The second-order valence-electron chi connectivity index (χ2n) is 3.72. The highest BCUT2D eigenvalue weighted by molar-refractivity contribution is 6.29. The molecule has 0 aliphatic carbocycles. The van der Waals surface area contributed by atoms with Crippen LogP contribution in [0.5, 0.6) is 0 Å². The summed E-state index contributed by atoms with van der Waals surface area (Å²) < 4.78 is 14.5. The zero-order valence-corrected chi connectivity index (χ0v) is 9.53. The van der Waals surface area contributed by atoms with E-state index in [1.165, 1.54) is 12.1 Å². The molecule has 0 atom stereocenters. The van der Waals surface area contributed by atoms with Crippen molar-refractivity contribution >= 4 is 17.1 Å². The van der Waals surface area contributed by atoms with Crippen LogP contribution in [0.25, 0.3) is 16.8 Å². The third kappa shape index (κ3) is 1.78. The third-order valence-corrected chi connectivity index (χ3v) is 2.87. The van der Waals surface area contributed by atoms with Crippen LogP contribution in [-0.2, 0) is 0 Å². The van der Waals surface area contributed by atoms with Crippen LogP contribution in [0.4, 0.5) is 4.39 Å². The zero-order chi connectivity index (χ0) is 11.8. The van der Waals surface area contributed by atoms with E-state index < -0.39 is 0 Å². The van der Waals surface area contributed by atoms with Gasteiger partial charge in [0.1, 0.15) is 11.0 Å². The fraction of sp³-hybridized carbons (Fsp3) is 0. The Labute approximate surface area is 102 Å². The van der Waals surface area contributed by atoms with Gasteiger partial charge in [0.05, 0.1) is 11.2 Å². The van der Waals surface area contributed by atoms with Gasteiger partial charge in [-0.25, -0.2) is 8.91 Å². The first-order valence-corrected chi connectivity index (χ1v) is 5.52. The average Bonchev–Trinajstić information content (AvgIpc) is 2.75. The molecule has 0 aliphatic heterocycles. The molecule has 0 saturated carbocycles. The number of aromatic nitrogens is 2. The molecule has 84 valence electrons. The van der Waals surface area contributed by atoms with E-state index in [1.54, 1.807) is 22.7 Å². The molecule has 2 aromatic heterocycles. The maximum Gasteiger partial charge on any atom is 0.131 e. The van der Waals surface area contributed by atoms with E-state index >= 15 is 0 Å². The van der Waals surface area contributed by atoms with Gasteiger partial charge in [-0.3, -0.25) is 0 Å². The first kappa shape index (κ1) is 10.3. The Kier molecular flexibility index (Phi) is 2.34. The molecule has 2 heterocycles. The third-order valence-electron chi connectivity index (χ3n) is 2.58. The molecule has 3 rings (SSSR count). The lowest BCUT2D eigenvalue weighted by Crippen LogP contribution is -1.88. The topological polar surface area (TPSA) is 17.3 Å². The molecule has 0 saturated heterocycles. The Balaban J connectivity index is 2.18. The van der Waals surface area contributed by atoms with Crippen LogP contribution in [-0.4, -0.2) is 9.61 Å². The molecule has 3 aromatic rings. The van der Waals surface area contributed by atoms with Gasteiger partial charge in [-0.05, 0) is 42.5 Å². The molecule has 0 amide bonds. The van der Waals surface area contributed by atoms with Crippen LogP contribution < -0.4 is 0 Å². The van der Waals surface area contributed by atoms with Gasteiger partial charge in [0.25, 0.3) is 0 Å². The summed E-state index contributed by atoms with van der Waals surface area (Å²) in [5.74, 6) is -0.254. The predicted octanol–water partition coefficient (Wildman–Crippen LogP) is 3.79. The first-order valence-electron chi connectivity index (χ1n) is 5.14. The van der Waals surface area contributed by atoms with E-state index in [1.807, 2.05) is 18.2 Å². The lowest BCUT2D eigenvalue weighted by molar-refractivity contribution is 0.628. The van der Waals surface area contributed by atoms with Crippen molar-refractivity contribution in [2.45, 2.75) is 0 Å². The Morgan fingerprint density at radius 1 is 1.06 bits per heavy atom. The number of nitrogens with zero attached hydrogens (tertiary/aromatic N) is 2. The minimum atomic E-state index is -0.254. The number of hydrogen-bond acceptors (Lipinski definition) is 1. The van der Waals surface area contributed by atoms with Crippen LogP contribution in [0.3, 0.4) is 0 Å². The fourth-order valence-corrected chi connectivity index (χ4v) is 1.95. The number of rotatable bonds is 1. The van der Waals surface area contributed by atoms with Crippen molar-refractivity contribution in [3.8, 4) is 11.3 Å². The molecule has 0 fully saturated rings. The molecular weight excluding hydrogens is 239 g/mol. The largest absolute Gasteiger partial charge is 0.222 e. The minimum Gasteiger partial charge on any atom is -0.222 e. The van der Waals surface area contributed by atoms with Gasteiger partial charge >= 0.3 is 0 Å². The van der Waals surface area contributed by atoms with Crippen LogP contribution in [0.2, 0.25) is 5.15 Å². The molecule has 1 aromatic carbocycles. The van der Waals surface area contributed by atoms with E-state index in [4.69, 9.17) is 11.6 Å². The van der Waals surface area contributed by atoms with Crippen molar-refractivity contribution in [1.29, 1.82) is 0 Å². The number of benzene rings is 1. The Bertz CT molecular complexity index is 673. The second kappa shape index (κ2) is 3.86. The van der Waals surface area contributed by atoms with Gasteiger partial charge in [-0.2, -0.15) is 5.10 Å². The van der Waals surface area contributed by atoms with Crippen molar-refractivity contribution in [2.24, 2.45) is 0 Å². The van der Waals surface area contributed by atoms with Gasteiger partial charge in [-0.1, -0.05) is 17.7 Å². The van der Waals surface area contributed by atoms with E-state index in [-0.39, 0.29) is 5.82 Å². The van der Waals surface area contributed by atoms with E-state index in [0.717, 1.165) is 16.8 Å².